The lowest BCUT2D eigenvalue weighted by Gasteiger charge is -2.14. The van der Waals surface area contributed by atoms with Crippen molar-refractivity contribution in [2.75, 3.05) is 11.1 Å². The van der Waals surface area contributed by atoms with Gasteiger partial charge in [0.05, 0.1) is 16.4 Å². The second kappa shape index (κ2) is 4.78. The van der Waals surface area contributed by atoms with Gasteiger partial charge in [0, 0.05) is 16.5 Å². The van der Waals surface area contributed by atoms with Crippen LogP contribution in [0.3, 0.4) is 0 Å². The van der Waals surface area contributed by atoms with E-state index in [-0.39, 0.29) is 5.41 Å². The van der Waals surface area contributed by atoms with Crippen LogP contribution in [0.5, 0.6) is 0 Å². The second-order valence-electron chi connectivity index (χ2n) is 5.15. The molecule has 18 heavy (non-hydrogen) atoms. The van der Waals surface area contributed by atoms with E-state index in [2.05, 4.69) is 36.5 Å². The third-order valence-corrected chi connectivity index (χ3v) is 3.58. The van der Waals surface area contributed by atoms with Crippen LogP contribution >= 0.6 is 22.9 Å². The maximum atomic E-state index is 6.11. The quantitative estimate of drug-likeness (QED) is 0.801. The van der Waals surface area contributed by atoms with Crippen molar-refractivity contribution in [1.29, 1.82) is 0 Å². The van der Waals surface area contributed by atoms with Crippen molar-refractivity contribution in [2.24, 2.45) is 0 Å². The van der Waals surface area contributed by atoms with Crippen molar-refractivity contribution in [3.8, 4) is 0 Å². The highest BCUT2D eigenvalue weighted by atomic mass is 35.5. The fourth-order valence-corrected chi connectivity index (χ4v) is 2.61. The number of thiazole rings is 1. The molecule has 0 atom stereocenters. The van der Waals surface area contributed by atoms with Crippen LogP contribution in [0.2, 0.25) is 5.02 Å². The molecule has 1 aromatic heterocycles. The van der Waals surface area contributed by atoms with Gasteiger partial charge in [0.15, 0.2) is 5.13 Å². The molecule has 0 bridgehead atoms. The molecule has 0 fully saturated rings. The molecule has 1 aromatic carbocycles. The predicted octanol–water partition coefficient (Wildman–Crippen LogP) is 4.42. The lowest BCUT2D eigenvalue weighted by atomic mass is 9.93. The maximum Gasteiger partial charge on any atom is 0.187 e. The molecular formula is C13H16ClN3S. The first-order valence-corrected chi connectivity index (χ1v) is 6.90. The van der Waals surface area contributed by atoms with Crippen LogP contribution in [0.15, 0.2) is 23.6 Å². The number of hydrogen-bond donors (Lipinski definition) is 2. The van der Waals surface area contributed by atoms with Crippen LogP contribution in [-0.4, -0.2) is 4.98 Å². The number of anilines is 3. The zero-order valence-corrected chi connectivity index (χ0v) is 12.2. The van der Waals surface area contributed by atoms with Gasteiger partial charge in [-0.05, 0) is 18.2 Å². The first kappa shape index (κ1) is 13.2. The van der Waals surface area contributed by atoms with Crippen molar-refractivity contribution in [2.45, 2.75) is 26.2 Å². The first-order valence-electron chi connectivity index (χ1n) is 5.64. The summed E-state index contributed by atoms with van der Waals surface area (Å²) < 4.78 is 0. The smallest absolute Gasteiger partial charge is 0.187 e. The Hall–Kier alpha value is -1.26. The van der Waals surface area contributed by atoms with Gasteiger partial charge in [-0.3, -0.25) is 0 Å². The molecule has 0 saturated heterocycles. The van der Waals surface area contributed by atoms with Crippen molar-refractivity contribution < 1.29 is 0 Å². The van der Waals surface area contributed by atoms with Gasteiger partial charge >= 0.3 is 0 Å². The molecule has 2 aromatic rings. The van der Waals surface area contributed by atoms with Gasteiger partial charge in [-0.15, -0.1) is 11.3 Å². The van der Waals surface area contributed by atoms with Crippen LogP contribution in [0.4, 0.5) is 16.5 Å². The second-order valence-corrected chi connectivity index (χ2v) is 6.42. The van der Waals surface area contributed by atoms with Crippen LogP contribution < -0.4 is 11.1 Å². The minimum absolute atomic E-state index is 0.0569. The summed E-state index contributed by atoms with van der Waals surface area (Å²) in [4.78, 5) is 4.56. The Labute approximate surface area is 116 Å². The molecule has 1 heterocycles. The summed E-state index contributed by atoms with van der Waals surface area (Å²) in [6.07, 6.45) is 0. The van der Waals surface area contributed by atoms with Crippen molar-refractivity contribution >= 4 is 39.4 Å². The van der Waals surface area contributed by atoms with E-state index in [1.54, 1.807) is 17.4 Å². The van der Waals surface area contributed by atoms with Crippen LogP contribution in [0.25, 0.3) is 0 Å². The van der Waals surface area contributed by atoms with Gasteiger partial charge in [-0.2, -0.15) is 0 Å². The highest BCUT2D eigenvalue weighted by Gasteiger charge is 2.17. The molecule has 0 aliphatic carbocycles. The van der Waals surface area contributed by atoms with Crippen LogP contribution in [-0.2, 0) is 5.41 Å². The zero-order valence-electron chi connectivity index (χ0n) is 10.6. The molecular weight excluding hydrogens is 266 g/mol. The third kappa shape index (κ3) is 2.94. The number of rotatable bonds is 2. The molecule has 0 spiro atoms. The summed E-state index contributed by atoms with van der Waals surface area (Å²) >= 11 is 7.68. The zero-order chi connectivity index (χ0) is 13.3. The Morgan fingerprint density at radius 3 is 2.61 bits per heavy atom. The molecule has 0 saturated carbocycles. The first-order chi connectivity index (χ1) is 8.36. The van der Waals surface area contributed by atoms with E-state index in [1.165, 1.54) is 0 Å². The molecule has 3 N–H and O–H groups in total. The SMILES string of the molecule is CC(C)(C)c1csc(Nc2ccc(N)cc2Cl)n1. The summed E-state index contributed by atoms with van der Waals surface area (Å²) in [6, 6.07) is 5.39. The lowest BCUT2D eigenvalue weighted by Crippen LogP contribution is -2.11. The molecule has 0 amide bonds. The van der Waals surface area contributed by atoms with E-state index >= 15 is 0 Å². The van der Waals surface area contributed by atoms with Gasteiger partial charge in [0.25, 0.3) is 0 Å². The number of nitrogen functional groups attached to an aromatic ring is 1. The Morgan fingerprint density at radius 2 is 2.06 bits per heavy atom. The van der Waals surface area contributed by atoms with E-state index in [4.69, 9.17) is 17.3 Å². The molecule has 0 radical (unpaired) electrons. The number of hydrogen-bond acceptors (Lipinski definition) is 4. The normalized spacial score (nSPS) is 11.6. The Kier molecular flexibility index (Phi) is 3.50. The average Bonchev–Trinajstić information content (AvgIpc) is 2.70. The van der Waals surface area contributed by atoms with Gasteiger partial charge in [0.2, 0.25) is 0 Å². The van der Waals surface area contributed by atoms with Gasteiger partial charge in [0.1, 0.15) is 0 Å². The van der Waals surface area contributed by atoms with Gasteiger partial charge in [-0.25, -0.2) is 4.98 Å². The minimum Gasteiger partial charge on any atom is -0.399 e. The molecule has 0 aliphatic heterocycles. The maximum absolute atomic E-state index is 6.11. The predicted molar refractivity (Wildman–Crippen MR) is 80.0 cm³/mol. The fraction of sp³-hybridized carbons (Fsp3) is 0.308. The van der Waals surface area contributed by atoms with E-state index in [9.17, 15) is 0 Å². The summed E-state index contributed by atoms with van der Waals surface area (Å²) in [7, 11) is 0. The summed E-state index contributed by atoms with van der Waals surface area (Å²) in [6.45, 7) is 6.42. The highest BCUT2D eigenvalue weighted by Crippen LogP contribution is 2.31. The highest BCUT2D eigenvalue weighted by molar-refractivity contribution is 7.13. The summed E-state index contributed by atoms with van der Waals surface area (Å²) in [5.41, 5.74) is 8.26. The summed E-state index contributed by atoms with van der Waals surface area (Å²) in [5, 5.41) is 6.71. The molecule has 96 valence electrons. The van der Waals surface area contributed by atoms with E-state index in [0.29, 0.717) is 10.7 Å². The Morgan fingerprint density at radius 1 is 1.33 bits per heavy atom. The largest absolute Gasteiger partial charge is 0.399 e. The average molecular weight is 282 g/mol. The third-order valence-electron chi connectivity index (χ3n) is 2.51. The molecule has 2 rings (SSSR count). The molecule has 5 heteroatoms. The fourth-order valence-electron chi connectivity index (χ4n) is 1.42. The number of nitrogens with one attached hydrogen (secondary N) is 1. The molecule has 0 unspecified atom stereocenters. The van der Waals surface area contributed by atoms with Gasteiger partial charge < -0.3 is 11.1 Å². The monoisotopic (exact) mass is 281 g/mol. The number of nitrogens with two attached hydrogens (primary N) is 1. The Bertz CT molecular complexity index is 558. The van der Waals surface area contributed by atoms with E-state index < -0.39 is 0 Å². The summed E-state index contributed by atoms with van der Waals surface area (Å²) in [5.74, 6) is 0. The number of halogens is 1. The van der Waals surface area contributed by atoms with Crippen molar-refractivity contribution in [1.82, 2.24) is 4.98 Å². The molecule has 0 aliphatic rings. The van der Waals surface area contributed by atoms with Crippen molar-refractivity contribution in [3.63, 3.8) is 0 Å². The van der Waals surface area contributed by atoms with Crippen LogP contribution in [0.1, 0.15) is 26.5 Å². The van der Waals surface area contributed by atoms with E-state index in [1.807, 2.05) is 12.1 Å². The standard InChI is InChI=1S/C13H16ClN3S/c1-13(2,3)11-7-18-12(17-11)16-10-5-4-8(15)6-9(10)14/h4-7H,15H2,1-3H3,(H,16,17). The van der Waals surface area contributed by atoms with Crippen molar-refractivity contribution in [3.05, 3.63) is 34.3 Å². The van der Waals surface area contributed by atoms with E-state index in [0.717, 1.165) is 16.5 Å². The number of aromatic nitrogens is 1. The topological polar surface area (TPSA) is 50.9 Å². The lowest BCUT2D eigenvalue weighted by molar-refractivity contribution is 0.573. The Balaban J connectivity index is 2.21. The molecule has 3 nitrogen and oxygen atoms in total. The van der Waals surface area contributed by atoms with Gasteiger partial charge in [-0.1, -0.05) is 32.4 Å². The van der Waals surface area contributed by atoms with Crippen LogP contribution in [0, 0.1) is 0 Å². The number of nitrogens with zero attached hydrogens (tertiary/aromatic N) is 1. The number of benzene rings is 1. The minimum atomic E-state index is 0.0569.